The minimum absolute atomic E-state index is 0.711. The number of rotatable bonds is 15. The lowest BCUT2D eigenvalue weighted by Gasteiger charge is -2.13. The summed E-state index contributed by atoms with van der Waals surface area (Å²) in [6.07, 6.45) is 19.1. The third kappa shape index (κ3) is 14.8. The van der Waals surface area contributed by atoms with Crippen molar-refractivity contribution in [3.05, 3.63) is 0 Å². The van der Waals surface area contributed by atoms with Gasteiger partial charge in [-0.25, -0.2) is 0 Å². The van der Waals surface area contributed by atoms with Crippen LogP contribution in [0, 0.1) is 0 Å². The molecule has 0 aliphatic carbocycles. The van der Waals surface area contributed by atoms with Gasteiger partial charge in [-0.2, -0.15) is 25.3 Å². The van der Waals surface area contributed by atoms with Crippen LogP contribution in [0.5, 0.6) is 0 Å². The van der Waals surface area contributed by atoms with E-state index in [1.165, 1.54) is 77.0 Å². The summed E-state index contributed by atoms with van der Waals surface area (Å²) in [4.78, 5) is 10.6. The Hall–Kier alpha value is 0.370. The number of unbranched alkanes of at least 4 members (excludes halogenated alkanes) is 12. The molecule has 0 aromatic rings. The Morgan fingerprint density at radius 2 is 1.05 bits per heavy atom. The molecule has 0 bridgehead atoms. The van der Waals surface area contributed by atoms with E-state index < -0.39 is 4.08 Å². The highest BCUT2D eigenvalue weighted by atomic mass is 32.2. The zero-order valence-corrected chi connectivity index (χ0v) is 15.1. The molecule has 0 spiro atoms. The Balaban J connectivity index is 3.08. The fraction of sp³-hybridized carbons (Fsp3) is 0.941. The van der Waals surface area contributed by atoms with Gasteiger partial charge in [0.2, 0.25) is 0 Å². The smallest absolute Gasteiger partial charge is 0.145 e. The van der Waals surface area contributed by atoms with Crippen molar-refractivity contribution in [2.45, 2.75) is 101 Å². The van der Waals surface area contributed by atoms with Crippen molar-refractivity contribution in [3.8, 4) is 0 Å². The van der Waals surface area contributed by atoms with Crippen LogP contribution in [0.4, 0.5) is 0 Å². The first kappa shape index (κ1) is 20.4. The van der Waals surface area contributed by atoms with E-state index in [9.17, 15) is 4.79 Å². The van der Waals surface area contributed by atoms with Crippen molar-refractivity contribution >= 4 is 31.5 Å². The molecule has 0 N–H and O–H groups in total. The molecular weight excluding hydrogens is 284 g/mol. The molecule has 20 heavy (non-hydrogen) atoms. The van der Waals surface area contributed by atoms with Crippen LogP contribution in [0.15, 0.2) is 0 Å². The van der Waals surface area contributed by atoms with E-state index in [2.05, 4.69) is 32.2 Å². The van der Waals surface area contributed by atoms with Gasteiger partial charge in [0.15, 0.2) is 0 Å². The SMILES string of the molecule is CCCCCCCCCCCCCCCC(S)(S)C=O. The van der Waals surface area contributed by atoms with Crippen LogP contribution in [0.1, 0.15) is 96.8 Å². The summed E-state index contributed by atoms with van der Waals surface area (Å²) in [5.41, 5.74) is 0. The number of hydrogen-bond donors (Lipinski definition) is 2. The standard InChI is InChI=1S/C17H34OS2/c1-2-3-4-5-6-7-8-9-10-11-12-13-14-15-17(19,20)16-18/h16,19-20H,2-15H2,1H3. The molecule has 0 unspecified atom stereocenters. The lowest BCUT2D eigenvalue weighted by molar-refractivity contribution is -0.108. The van der Waals surface area contributed by atoms with E-state index in [1.807, 2.05) is 0 Å². The Bertz CT molecular complexity index is 217. The number of carbonyl (C=O) groups is 1. The van der Waals surface area contributed by atoms with Crippen LogP contribution in [-0.2, 0) is 4.79 Å². The molecule has 0 atom stereocenters. The first-order valence-corrected chi connectivity index (χ1v) is 9.43. The lowest BCUT2D eigenvalue weighted by atomic mass is 10.0. The number of thiol groups is 2. The van der Waals surface area contributed by atoms with Gasteiger partial charge in [-0.05, 0) is 6.42 Å². The molecule has 0 aliphatic heterocycles. The maximum Gasteiger partial charge on any atom is 0.145 e. The Labute approximate surface area is 137 Å². The molecule has 3 heteroatoms. The van der Waals surface area contributed by atoms with Crippen LogP contribution >= 0.6 is 25.3 Å². The number of aldehydes is 1. The second-order valence-electron chi connectivity index (χ2n) is 5.99. The van der Waals surface area contributed by atoms with Crippen molar-refractivity contribution in [3.63, 3.8) is 0 Å². The highest BCUT2D eigenvalue weighted by molar-refractivity contribution is 8.01. The molecule has 0 heterocycles. The number of carbonyl (C=O) groups excluding carboxylic acids is 1. The molecule has 0 aromatic heterocycles. The van der Waals surface area contributed by atoms with E-state index in [0.717, 1.165) is 19.1 Å². The number of hydrogen-bond acceptors (Lipinski definition) is 3. The van der Waals surface area contributed by atoms with Gasteiger partial charge in [-0.1, -0.05) is 90.4 Å². The minimum atomic E-state index is -0.711. The predicted molar refractivity (Wildman–Crippen MR) is 97.1 cm³/mol. The minimum Gasteiger partial charge on any atom is -0.301 e. The van der Waals surface area contributed by atoms with Crippen LogP contribution in [0.25, 0.3) is 0 Å². The average Bonchev–Trinajstić information content (AvgIpc) is 2.44. The van der Waals surface area contributed by atoms with E-state index in [4.69, 9.17) is 0 Å². The Kier molecular flexibility index (Phi) is 14.6. The zero-order valence-electron chi connectivity index (χ0n) is 13.3. The quantitative estimate of drug-likeness (QED) is 0.159. The van der Waals surface area contributed by atoms with Crippen molar-refractivity contribution in [1.29, 1.82) is 0 Å². The summed E-state index contributed by atoms with van der Waals surface area (Å²) in [6.45, 7) is 2.27. The first-order valence-electron chi connectivity index (χ1n) is 8.53. The van der Waals surface area contributed by atoms with Gasteiger partial charge in [0.05, 0.1) is 0 Å². The fourth-order valence-corrected chi connectivity index (χ4v) is 2.78. The largest absolute Gasteiger partial charge is 0.301 e. The summed E-state index contributed by atoms with van der Waals surface area (Å²) in [6, 6.07) is 0. The Morgan fingerprint density at radius 3 is 1.40 bits per heavy atom. The highest BCUT2D eigenvalue weighted by Crippen LogP contribution is 2.24. The van der Waals surface area contributed by atoms with Crippen molar-refractivity contribution < 1.29 is 4.79 Å². The molecule has 0 amide bonds. The van der Waals surface area contributed by atoms with E-state index in [0.29, 0.717) is 0 Å². The highest BCUT2D eigenvalue weighted by Gasteiger charge is 2.17. The van der Waals surface area contributed by atoms with Crippen molar-refractivity contribution in [1.82, 2.24) is 0 Å². The molecule has 0 fully saturated rings. The normalized spacial score (nSPS) is 11.8. The van der Waals surface area contributed by atoms with Gasteiger partial charge in [-0.15, -0.1) is 0 Å². The molecule has 120 valence electrons. The van der Waals surface area contributed by atoms with Gasteiger partial charge >= 0.3 is 0 Å². The van der Waals surface area contributed by atoms with Crippen molar-refractivity contribution in [2.75, 3.05) is 0 Å². The van der Waals surface area contributed by atoms with Crippen LogP contribution < -0.4 is 0 Å². The molecule has 0 saturated heterocycles. The molecule has 0 radical (unpaired) electrons. The van der Waals surface area contributed by atoms with Gasteiger partial charge in [0.25, 0.3) is 0 Å². The second-order valence-corrected chi connectivity index (χ2v) is 7.94. The summed E-state index contributed by atoms with van der Waals surface area (Å²) < 4.78 is -0.711. The van der Waals surface area contributed by atoms with Gasteiger partial charge in [-0.3, -0.25) is 0 Å². The summed E-state index contributed by atoms with van der Waals surface area (Å²) in [7, 11) is 0. The average molecular weight is 319 g/mol. The molecular formula is C17H34OS2. The zero-order chi connectivity index (χ0) is 15.1. The molecule has 1 nitrogen and oxygen atoms in total. The fourth-order valence-electron chi connectivity index (χ4n) is 2.46. The third-order valence-electron chi connectivity index (χ3n) is 3.84. The topological polar surface area (TPSA) is 17.1 Å². The van der Waals surface area contributed by atoms with Crippen LogP contribution in [-0.4, -0.2) is 10.4 Å². The Morgan fingerprint density at radius 1 is 0.700 bits per heavy atom. The summed E-state index contributed by atoms with van der Waals surface area (Å²) in [5, 5.41) is 0. The van der Waals surface area contributed by atoms with Gasteiger partial charge in [0.1, 0.15) is 10.4 Å². The van der Waals surface area contributed by atoms with Crippen LogP contribution in [0.2, 0.25) is 0 Å². The first-order chi connectivity index (χ1) is 9.62. The van der Waals surface area contributed by atoms with E-state index in [-0.39, 0.29) is 0 Å². The monoisotopic (exact) mass is 318 g/mol. The summed E-state index contributed by atoms with van der Waals surface area (Å²) in [5.74, 6) is 0. The second kappa shape index (κ2) is 14.3. The van der Waals surface area contributed by atoms with Gasteiger partial charge < -0.3 is 4.79 Å². The molecule has 0 saturated carbocycles. The lowest BCUT2D eigenvalue weighted by Crippen LogP contribution is -2.14. The predicted octanol–water partition coefficient (Wildman–Crippen LogP) is 6.22. The summed E-state index contributed by atoms with van der Waals surface area (Å²) >= 11 is 8.39. The van der Waals surface area contributed by atoms with E-state index in [1.54, 1.807) is 0 Å². The van der Waals surface area contributed by atoms with Crippen molar-refractivity contribution in [2.24, 2.45) is 0 Å². The van der Waals surface area contributed by atoms with E-state index >= 15 is 0 Å². The molecule has 0 aromatic carbocycles. The molecule has 0 aliphatic rings. The maximum atomic E-state index is 10.6. The molecule has 0 rings (SSSR count). The van der Waals surface area contributed by atoms with Crippen LogP contribution in [0.3, 0.4) is 0 Å². The maximum absolute atomic E-state index is 10.6. The van der Waals surface area contributed by atoms with Gasteiger partial charge in [0, 0.05) is 0 Å². The third-order valence-corrected chi connectivity index (χ3v) is 4.50.